The minimum absolute atomic E-state index is 1.14. The Kier molecular flexibility index (Phi) is 6.93. The molecule has 12 aromatic rings. The van der Waals surface area contributed by atoms with Crippen LogP contribution in [0.15, 0.2) is 212 Å². The summed E-state index contributed by atoms with van der Waals surface area (Å²) in [5.41, 5.74) is 15.5. The van der Waals surface area contributed by atoms with Gasteiger partial charge in [-0.3, -0.25) is 0 Å². The molecule has 0 radical (unpaired) electrons. The van der Waals surface area contributed by atoms with E-state index in [0.29, 0.717) is 0 Å². The molecule has 266 valence electrons. The van der Waals surface area contributed by atoms with Crippen LogP contribution in [0.2, 0.25) is 0 Å². The molecule has 0 unspecified atom stereocenters. The van der Waals surface area contributed by atoms with Crippen LogP contribution in [0, 0.1) is 0 Å². The molecule has 9 aromatic carbocycles. The summed E-state index contributed by atoms with van der Waals surface area (Å²) in [6.45, 7) is 0. The van der Waals surface area contributed by atoms with Crippen LogP contribution in [0.3, 0.4) is 0 Å². The van der Waals surface area contributed by atoms with E-state index in [9.17, 15) is 0 Å². The van der Waals surface area contributed by atoms with Crippen molar-refractivity contribution in [2.75, 3.05) is 0 Å². The molecule has 3 heterocycles. The highest BCUT2D eigenvalue weighted by Crippen LogP contribution is 2.40. The van der Waals surface area contributed by atoms with Crippen molar-refractivity contribution in [2.24, 2.45) is 0 Å². The van der Waals surface area contributed by atoms with E-state index >= 15 is 0 Å². The van der Waals surface area contributed by atoms with Gasteiger partial charge < -0.3 is 13.7 Å². The van der Waals surface area contributed by atoms with E-state index in [1.807, 2.05) is 0 Å². The second-order valence-corrected chi connectivity index (χ2v) is 14.9. The summed E-state index contributed by atoms with van der Waals surface area (Å²) >= 11 is 0. The fourth-order valence-corrected chi connectivity index (χ4v) is 9.32. The first-order valence-electron chi connectivity index (χ1n) is 19.6. The molecule has 3 nitrogen and oxygen atoms in total. The molecule has 12 rings (SSSR count). The molecule has 3 aromatic heterocycles. The topological polar surface area (TPSA) is 14.8 Å². The van der Waals surface area contributed by atoms with Gasteiger partial charge in [0.2, 0.25) is 0 Å². The zero-order valence-electron chi connectivity index (χ0n) is 31.0. The van der Waals surface area contributed by atoms with Gasteiger partial charge in [-0.2, -0.15) is 0 Å². The predicted octanol–water partition coefficient (Wildman–Crippen LogP) is 14.3. The van der Waals surface area contributed by atoms with E-state index in [4.69, 9.17) is 0 Å². The van der Waals surface area contributed by atoms with E-state index in [0.717, 1.165) is 11.4 Å². The Morgan fingerprint density at radius 1 is 0.228 bits per heavy atom. The molecular weight excluding hydrogens is 691 g/mol. The van der Waals surface area contributed by atoms with E-state index in [1.54, 1.807) is 0 Å². The smallest absolute Gasteiger partial charge is 0.0541 e. The normalized spacial score (nSPS) is 11.9. The van der Waals surface area contributed by atoms with Gasteiger partial charge in [0.25, 0.3) is 0 Å². The summed E-state index contributed by atoms with van der Waals surface area (Å²) in [6, 6.07) is 77.4. The summed E-state index contributed by atoms with van der Waals surface area (Å²) in [5, 5.41) is 7.53. The van der Waals surface area contributed by atoms with Gasteiger partial charge >= 0.3 is 0 Å². The number of para-hydroxylation sites is 5. The third kappa shape index (κ3) is 4.79. The molecule has 0 saturated heterocycles. The summed E-state index contributed by atoms with van der Waals surface area (Å²) in [4.78, 5) is 0. The fourth-order valence-electron chi connectivity index (χ4n) is 9.32. The summed E-state index contributed by atoms with van der Waals surface area (Å²) in [6.07, 6.45) is 0. The number of rotatable bonds is 5. The van der Waals surface area contributed by atoms with Crippen LogP contribution in [0.25, 0.3) is 105 Å². The summed E-state index contributed by atoms with van der Waals surface area (Å²) < 4.78 is 7.22. The van der Waals surface area contributed by atoms with Gasteiger partial charge in [0.15, 0.2) is 0 Å². The molecule has 0 spiro atoms. The van der Waals surface area contributed by atoms with Crippen molar-refractivity contribution in [1.29, 1.82) is 0 Å². The summed E-state index contributed by atoms with van der Waals surface area (Å²) in [7, 11) is 0. The molecule has 3 heteroatoms. The van der Waals surface area contributed by atoms with Crippen molar-refractivity contribution in [3.8, 4) is 39.3 Å². The largest absolute Gasteiger partial charge is 0.309 e. The van der Waals surface area contributed by atoms with Gasteiger partial charge in [-0.05, 0) is 95.6 Å². The Balaban J connectivity index is 0.987. The van der Waals surface area contributed by atoms with Crippen LogP contribution in [0.4, 0.5) is 0 Å². The zero-order valence-corrected chi connectivity index (χ0v) is 31.0. The van der Waals surface area contributed by atoms with E-state index in [1.165, 1.54) is 93.4 Å². The molecule has 0 bridgehead atoms. The van der Waals surface area contributed by atoms with Crippen LogP contribution in [0.1, 0.15) is 0 Å². The van der Waals surface area contributed by atoms with Crippen LogP contribution in [0.5, 0.6) is 0 Å². The molecule has 0 aliphatic carbocycles. The van der Waals surface area contributed by atoms with Gasteiger partial charge in [0, 0.05) is 49.3 Å². The Hall–Kier alpha value is -7.62. The second-order valence-electron chi connectivity index (χ2n) is 14.9. The fraction of sp³-hybridized carbons (Fsp3) is 0. The molecule has 0 fully saturated rings. The Morgan fingerprint density at radius 2 is 0.596 bits per heavy atom. The lowest BCUT2D eigenvalue weighted by Gasteiger charge is -2.14. The van der Waals surface area contributed by atoms with Crippen LogP contribution >= 0.6 is 0 Å². The van der Waals surface area contributed by atoms with Gasteiger partial charge in [-0.25, -0.2) is 0 Å². The Bertz CT molecular complexity index is 3450. The van der Waals surface area contributed by atoms with Crippen molar-refractivity contribution in [1.82, 2.24) is 13.7 Å². The predicted molar refractivity (Wildman–Crippen MR) is 240 cm³/mol. The maximum Gasteiger partial charge on any atom is 0.0541 e. The maximum absolute atomic E-state index is 2.43. The number of hydrogen-bond donors (Lipinski definition) is 0. The Labute approximate surface area is 329 Å². The van der Waals surface area contributed by atoms with E-state index in [-0.39, 0.29) is 0 Å². The first kappa shape index (κ1) is 31.7. The maximum atomic E-state index is 2.43. The van der Waals surface area contributed by atoms with Gasteiger partial charge in [0.05, 0.1) is 38.8 Å². The highest BCUT2D eigenvalue weighted by atomic mass is 15.0. The van der Waals surface area contributed by atoms with Crippen molar-refractivity contribution in [3.63, 3.8) is 0 Å². The number of fused-ring (bicyclic) bond motifs is 9. The van der Waals surface area contributed by atoms with E-state index in [2.05, 4.69) is 226 Å². The lowest BCUT2D eigenvalue weighted by molar-refractivity contribution is 1.14. The first-order valence-corrected chi connectivity index (χ1v) is 19.6. The average Bonchev–Trinajstić information content (AvgIpc) is 3.92. The molecule has 0 aliphatic heterocycles. The molecule has 0 N–H and O–H groups in total. The number of nitrogens with zero attached hydrogens (tertiary/aromatic N) is 3. The molecule has 0 aliphatic rings. The van der Waals surface area contributed by atoms with Crippen molar-refractivity contribution >= 4 is 65.4 Å². The summed E-state index contributed by atoms with van der Waals surface area (Å²) in [5.74, 6) is 0. The molecule has 0 saturated carbocycles. The quantitative estimate of drug-likeness (QED) is 0.168. The zero-order chi connectivity index (χ0) is 37.5. The van der Waals surface area contributed by atoms with E-state index < -0.39 is 0 Å². The third-order valence-corrected chi connectivity index (χ3v) is 11.9. The number of benzene rings is 9. The second kappa shape index (κ2) is 12.5. The standard InChI is InChI=1S/C54H35N3/c1-2-14-36(15-3-1)41-16-4-9-21-48(41)57-52-25-13-8-20-45(52)47-35-38(27-33-54(47)57)37-26-32-53-46(34-37)44-19-7-12-24-51(44)56(53)40-30-28-39(29-31-40)55-49-22-10-5-17-42(49)43-18-6-11-23-50(43)55/h1-35H. The molecule has 57 heavy (non-hydrogen) atoms. The van der Waals surface area contributed by atoms with Crippen LogP contribution in [-0.4, -0.2) is 13.7 Å². The van der Waals surface area contributed by atoms with Crippen molar-refractivity contribution in [3.05, 3.63) is 212 Å². The Morgan fingerprint density at radius 3 is 1.11 bits per heavy atom. The first-order chi connectivity index (χ1) is 28.3. The minimum Gasteiger partial charge on any atom is -0.309 e. The number of hydrogen-bond acceptors (Lipinski definition) is 0. The average molecular weight is 726 g/mol. The van der Waals surface area contributed by atoms with Crippen LogP contribution < -0.4 is 0 Å². The van der Waals surface area contributed by atoms with Gasteiger partial charge in [0.1, 0.15) is 0 Å². The van der Waals surface area contributed by atoms with Gasteiger partial charge in [-0.15, -0.1) is 0 Å². The van der Waals surface area contributed by atoms with Crippen molar-refractivity contribution < 1.29 is 0 Å². The van der Waals surface area contributed by atoms with Crippen LogP contribution in [-0.2, 0) is 0 Å². The highest BCUT2D eigenvalue weighted by molar-refractivity contribution is 6.13. The lowest BCUT2D eigenvalue weighted by Crippen LogP contribution is -1.97. The SMILES string of the molecule is c1ccc(-c2ccccc2-n2c3ccccc3c3cc(-c4ccc5c(c4)c4ccccc4n5-c4ccc(-n5c6ccccc6c6ccccc65)cc4)ccc32)cc1. The third-order valence-electron chi connectivity index (χ3n) is 11.9. The number of aromatic nitrogens is 3. The monoisotopic (exact) mass is 725 g/mol. The molecule has 0 atom stereocenters. The lowest BCUT2D eigenvalue weighted by atomic mass is 10.0. The van der Waals surface area contributed by atoms with Crippen molar-refractivity contribution in [2.45, 2.75) is 0 Å². The van der Waals surface area contributed by atoms with Gasteiger partial charge in [-0.1, -0.05) is 133 Å². The molecule has 0 amide bonds. The minimum atomic E-state index is 1.14. The highest BCUT2D eigenvalue weighted by Gasteiger charge is 2.18. The molecular formula is C54H35N3.